The third-order valence-corrected chi connectivity index (χ3v) is 2.89. The van der Waals surface area contributed by atoms with Crippen LogP contribution < -0.4 is 16.4 Å². The van der Waals surface area contributed by atoms with Crippen molar-refractivity contribution in [2.75, 3.05) is 24.3 Å². The van der Waals surface area contributed by atoms with Crippen molar-refractivity contribution in [2.24, 2.45) is 5.73 Å². The average molecular weight is 279 g/mol. The van der Waals surface area contributed by atoms with Gasteiger partial charge in [-0.05, 0) is 24.6 Å². The van der Waals surface area contributed by atoms with Gasteiger partial charge in [0.25, 0.3) is 5.91 Å². The van der Waals surface area contributed by atoms with Crippen molar-refractivity contribution in [3.8, 4) is 0 Å². The number of rotatable bonds is 6. The van der Waals surface area contributed by atoms with Gasteiger partial charge in [-0.3, -0.25) is 9.59 Å². The summed E-state index contributed by atoms with van der Waals surface area (Å²) in [6.45, 7) is 3.75. The number of nitrogens with one attached hydrogen (secondary N) is 2. The molecule has 0 saturated carbocycles. The van der Waals surface area contributed by atoms with Crippen LogP contribution in [0.2, 0.25) is 0 Å². The second-order valence-corrected chi connectivity index (χ2v) is 4.38. The lowest BCUT2D eigenvalue weighted by Gasteiger charge is -2.15. The molecular formula is C14H21N3O3. The standard InChI is InChI=1S/C14H21N3O3/c1-4-13(18)16-10-6-5-9(2)11(7-10)17-14(19)12(8-15)20-3/h5-7,12H,4,8,15H2,1-3H3,(H,16,18)(H,17,19). The molecule has 1 aromatic carbocycles. The van der Waals surface area contributed by atoms with E-state index in [-0.39, 0.29) is 18.4 Å². The summed E-state index contributed by atoms with van der Waals surface area (Å²) in [7, 11) is 1.43. The molecule has 0 aliphatic heterocycles. The molecule has 0 aliphatic carbocycles. The molecule has 6 heteroatoms. The first-order valence-electron chi connectivity index (χ1n) is 6.46. The number of nitrogens with two attached hydrogens (primary N) is 1. The molecule has 4 N–H and O–H groups in total. The summed E-state index contributed by atoms with van der Waals surface area (Å²) in [6, 6.07) is 5.32. The summed E-state index contributed by atoms with van der Waals surface area (Å²) in [4.78, 5) is 23.3. The van der Waals surface area contributed by atoms with E-state index in [1.807, 2.05) is 13.0 Å². The number of amides is 2. The number of carbonyl (C=O) groups excluding carboxylic acids is 2. The smallest absolute Gasteiger partial charge is 0.254 e. The van der Waals surface area contributed by atoms with Crippen molar-refractivity contribution in [1.82, 2.24) is 0 Å². The number of benzene rings is 1. The minimum absolute atomic E-state index is 0.0807. The Kier molecular flexibility index (Phi) is 6.14. The Morgan fingerprint density at radius 1 is 1.35 bits per heavy atom. The molecule has 0 bridgehead atoms. The first kappa shape index (κ1) is 16.1. The Morgan fingerprint density at radius 3 is 2.60 bits per heavy atom. The van der Waals surface area contributed by atoms with Gasteiger partial charge < -0.3 is 21.1 Å². The molecule has 0 heterocycles. The van der Waals surface area contributed by atoms with Gasteiger partial charge in [0, 0.05) is 31.5 Å². The van der Waals surface area contributed by atoms with Crippen LogP contribution in [0, 0.1) is 6.92 Å². The van der Waals surface area contributed by atoms with Gasteiger partial charge in [-0.15, -0.1) is 0 Å². The highest BCUT2D eigenvalue weighted by atomic mass is 16.5. The molecular weight excluding hydrogens is 258 g/mol. The van der Waals surface area contributed by atoms with Gasteiger partial charge in [-0.1, -0.05) is 13.0 Å². The monoisotopic (exact) mass is 279 g/mol. The predicted molar refractivity (Wildman–Crippen MR) is 78.6 cm³/mol. The Labute approximate surface area is 118 Å². The third kappa shape index (κ3) is 4.32. The van der Waals surface area contributed by atoms with Crippen molar-refractivity contribution in [2.45, 2.75) is 26.4 Å². The van der Waals surface area contributed by atoms with Gasteiger partial charge >= 0.3 is 0 Å². The van der Waals surface area contributed by atoms with E-state index in [9.17, 15) is 9.59 Å². The Bertz CT molecular complexity index is 485. The second-order valence-electron chi connectivity index (χ2n) is 4.38. The lowest BCUT2D eigenvalue weighted by atomic mass is 10.1. The maximum atomic E-state index is 11.9. The highest BCUT2D eigenvalue weighted by Crippen LogP contribution is 2.20. The number of anilines is 2. The molecule has 6 nitrogen and oxygen atoms in total. The van der Waals surface area contributed by atoms with Crippen LogP contribution >= 0.6 is 0 Å². The maximum absolute atomic E-state index is 11.9. The van der Waals surface area contributed by atoms with E-state index in [4.69, 9.17) is 10.5 Å². The first-order valence-corrected chi connectivity index (χ1v) is 6.46. The summed E-state index contributed by atoms with van der Waals surface area (Å²) >= 11 is 0. The molecule has 1 rings (SSSR count). The van der Waals surface area contributed by atoms with E-state index in [0.717, 1.165) is 5.56 Å². The first-order chi connectivity index (χ1) is 9.51. The van der Waals surface area contributed by atoms with Crippen molar-refractivity contribution in [3.63, 3.8) is 0 Å². The molecule has 0 radical (unpaired) electrons. The number of methoxy groups -OCH3 is 1. The van der Waals surface area contributed by atoms with Gasteiger partial charge in [-0.25, -0.2) is 0 Å². The Morgan fingerprint density at radius 2 is 2.05 bits per heavy atom. The zero-order chi connectivity index (χ0) is 15.1. The fourth-order valence-corrected chi connectivity index (χ4v) is 1.61. The normalized spacial score (nSPS) is 11.8. The molecule has 0 saturated heterocycles. The summed E-state index contributed by atoms with van der Waals surface area (Å²) in [5.74, 6) is -0.389. The predicted octanol–water partition coefficient (Wildman–Crippen LogP) is 1.26. The van der Waals surface area contributed by atoms with Crippen molar-refractivity contribution >= 4 is 23.2 Å². The highest BCUT2D eigenvalue weighted by molar-refractivity contribution is 5.96. The van der Waals surface area contributed by atoms with Crippen LogP contribution in [0.1, 0.15) is 18.9 Å². The topological polar surface area (TPSA) is 93.5 Å². The molecule has 1 unspecified atom stereocenters. The van der Waals surface area contributed by atoms with Gasteiger partial charge in [-0.2, -0.15) is 0 Å². The number of hydrogen-bond donors (Lipinski definition) is 3. The number of hydrogen-bond acceptors (Lipinski definition) is 4. The van der Waals surface area contributed by atoms with Crippen LogP contribution in [0.5, 0.6) is 0 Å². The number of aryl methyl sites for hydroxylation is 1. The maximum Gasteiger partial charge on any atom is 0.254 e. The van der Waals surface area contributed by atoms with E-state index in [2.05, 4.69) is 10.6 Å². The molecule has 2 amide bonds. The van der Waals surface area contributed by atoms with Gasteiger partial charge in [0.2, 0.25) is 5.91 Å². The Balaban J connectivity index is 2.86. The van der Waals surface area contributed by atoms with Crippen LogP contribution in [0.15, 0.2) is 18.2 Å². The summed E-state index contributed by atoms with van der Waals surface area (Å²) in [6.07, 6.45) is -0.294. The van der Waals surface area contributed by atoms with Crippen molar-refractivity contribution < 1.29 is 14.3 Å². The lowest BCUT2D eigenvalue weighted by Crippen LogP contribution is -2.36. The third-order valence-electron chi connectivity index (χ3n) is 2.89. The molecule has 0 aromatic heterocycles. The molecule has 0 aliphatic rings. The van der Waals surface area contributed by atoms with Gasteiger partial charge in [0.1, 0.15) is 6.10 Å². The average Bonchev–Trinajstić information content (AvgIpc) is 2.43. The highest BCUT2D eigenvalue weighted by Gasteiger charge is 2.16. The van der Waals surface area contributed by atoms with E-state index in [0.29, 0.717) is 17.8 Å². The number of ether oxygens (including phenoxy) is 1. The number of carbonyl (C=O) groups is 2. The van der Waals surface area contributed by atoms with Crippen LogP contribution in [0.25, 0.3) is 0 Å². The SMILES string of the molecule is CCC(=O)Nc1ccc(C)c(NC(=O)C(CN)OC)c1. The van der Waals surface area contributed by atoms with Crippen molar-refractivity contribution in [3.05, 3.63) is 23.8 Å². The summed E-state index contributed by atoms with van der Waals surface area (Å²) in [5.41, 5.74) is 7.60. The van der Waals surface area contributed by atoms with Crippen LogP contribution in [-0.4, -0.2) is 31.6 Å². The van der Waals surface area contributed by atoms with Crippen molar-refractivity contribution in [1.29, 1.82) is 0 Å². The minimum Gasteiger partial charge on any atom is -0.370 e. The molecule has 0 fully saturated rings. The molecule has 0 spiro atoms. The van der Waals surface area contributed by atoms with E-state index >= 15 is 0 Å². The van der Waals surface area contributed by atoms with E-state index < -0.39 is 6.10 Å². The fourth-order valence-electron chi connectivity index (χ4n) is 1.61. The molecule has 20 heavy (non-hydrogen) atoms. The zero-order valence-corrected chi connectivity index (χ0v) is 12.0. The zero-order valence-electron chi connectivity index (χ0n) is 12.0. The van der Waals surface area contributed by atoms with Crippen LogP contribution in [0.3, 0.4) is 0 Å². The summed E-state index contributed by atoms with van der Waals surface area (Å²) < 4.78 is 4.98. The van der Waals surface area contributed by atoms with E-state index in [1.54, 1.807) is 19.1 Å². The van der Waals surface area contributed by atoms with Crippen LogP contribution in [0.4, 0.5) is 11.4 Å². The Hall–Kier alpha value is -1.92. The fraction of sp³-hybridized carbons (Fsp3) is 0.429. The minimum atomic E-state index is -0.691. The lowest BCUT2D eigenvalue weighted by molar-refractivity contribution is -0.125. The van der Waals surface area contributed by atoms with Gasteiger partial charge in [0.15, 0.2) is 0 Å². The van der Waals surface area contributed by atoms with Crippen LogP contribution in [-0.2, 0) is 14.3 Å². The largest absolute Gasteiger partial charge is 0.370 e. The van der Waals surface area contributed by atoms with Gasteiger partial charge in [0.05, 0.1) is 0 Å². The quantitative estimate of drug-likeness (QED) is 0.730. The molecule has 1 atom stereocenters. The van der Waals surface area contributed by atoms with E-state index in [1.165, 1.54) is 7.11 Å². The molecule has 1 aromatic rings. The summed E-state index contributed by atoms with van der Waals surface area (Å²) in [5, 5.41) is 5.49. The molecule has 110 valence electrons. The second kappa shape index (κ2) is 7.62.